The first-order valence-corrected chi connectivity index (χ1v) is 10.6. The summed E-state index contributed by atoms with van der Waals surface area (Å²) in [6.07, 6.45) is 0. The van der Waals surface area contributed by atoms with E-state index in [1.165, 1.54) is 16.5 Å². The highest BCUT2D eigenvalue weighted by Gasteiger charge is 2.59. The quantitative estimate of drug-likeness (QED) is 0.533. The first-order chi connectivity index (χ1) is 15.1. The Bertz CT molecular complexity index is 1320. The van der Waals surface area contributed by atoms with Gasteiger partial charge in [-0.1, -0.05) is 42.5 Å². The van der Waals surface area contributed by atoms with Crippen molar-refractivity contribution in [1.82, 2.24) is 4.98 Å². The number of carbonyl (C=O) groups is 1. The second-order valence-electron chi connectivity index (χ2n) is 8.41. The molecular weight excluding hydrogens is 386 g/mol. The van der Waals surface area contributed by atoms with Gasteiger partial charge in [0.15, 0.2) is 0 Å². The Kier molecular flexibility index (Phi) is 3.80. The first kappa shape index (κ1) is 18.2. The van der Waals surface area contributed by atoms with Crippen molar-refractivity contribution in [2.75, 3.05) is 25.6 Å². The third-order valence-corrected chi connectivity index (χ3v) is 7.00. The number of hydrogen-bond donors (Lipinski definition) is 2. The number of amides is 1. The summed E-state index contributed by atoms with van der Waals surface area (Å²) < 4.78 is 5.36. The molecular formula is C26H24N3O2+. The van der Waals surface area contributed by atoms with Crippen LogP contribution in [0.2, 0.25) is 0 Å². The maximum absolute atomic E-state index is 13.8. The first-order valence-electron chi connectivity index (χ1n) is 10.6. The number of likely N-dealkylation sites (N-methyl/N-ethyl adjacent to an activating group) is 1. The van der Waals surface area contributed by atoms with Crippen molar-refractivity contribution in [1.29, 1.82) is 0 Å². The number of quaternary nitrogens is 1. The van der Waals surface area contributed by atoms with E-state index in [2.05, 4.69) is 46.7 Å². The molecule has 0 saturated heterocycles. The van der Waals surface area contributed by atoms with Gasteiger partial charge in [0, 0.05) is 23.5 Å². The molecule has 154 valence electrons. The third kappa shape index (κ3) is 2.32. The van der Waals surface area contributed by atoms with E-state index >= 15 is 0 Å². The lowest BCUT2D eigenvalue weighted by Gasteiger charge is -2.34. The van der Waals surface area contributed by atoms with Crippen LogP contribution in [0, 0.1) is 0 Å². The number of carbonyl (C=O) groups excluding carboxylic acids is 1. The molecule has 2 aliphatic heterocycles. The van der Waals surface area contributed by atoms with Crippen LogP contribution in [0.15, 0.2) is 72.8 Å². The van der Waals surface area contributed by atoms with Gasteiger partial charge in [-0.3, -0.25) is 4.79 Å². The van der Waals surface area contributed by atoms with Gasteiger partial charge in [-0.15, -0.1) is 0 Å². The number of aromatic amines is 1. The van der Waals surface area contributed by atoms with E-state index in [0.717, 1.165) is 34.8 Å². The minimum Gasteiger partial charge on any atom is -0.497 e. The van der Waals surface area contributed by atoms with Crippen molar-refractivity contribution >= 4 is 22.5 Å². The van der Waals surface area contributed by atoms with Gasteiger partial charge in [0.1, 0.15) is 5.75 Å². The minimum atomic E-state index is -0.775. The molecule has 5 heteroatoms. The fraction of sp³-hybridized carbons (Fsp3) is 0.192. The van der Waals surface area contributed by atoms with E-state index in [9.17, 15) is 4.79 Å². The number of rotatable bonds is 2. The number of nitrogens with one attached hydrogen (secondary N) is 1. The van der Waals surface area contributed by atoms with Crippen LogP contribution in [0.4, 0.5) is 5.69 Å². The van der Waals surface area contributed by atoms with Crippen LogP contribution in [0.3, 0.4) is 0 Å². The van der Waals surface area contributed by atoms with Gasteiger partial charge in [-0.25, -0.2) is 0 Å². The molecule has 1 aromatic heterocycles. The molecule has 0 fully saturated rings. The fourth-order valence-electron chi connectivity index (χ4n) is 5.52. The summed E-state index contributed by atoms with van der Waals surface area (Å²) in [6.45, 7) is 0.787. The smallest absolute Gasteiger partial charge is 0.299 e. The Balaban J connectivity index is 1.63. The van der Waals surface area contributed by atoms with Gasteiger partial charge in [-0.2, -0.15) is 0 Å². The zero-order chi connectivity index (χ0) is 21.2. The summed E-state index contributed by atoms with van der Waals surface area (Å²) in [6, 6.07) is 24.8. The van der Waals surface area contributed by atoms with E-state index < -0.39 is 5.54 Å². The molecule has 1 spiro atoms. The highest BCUT2D eigenvalue weighted by molar-refractivity contribution is 6.09. The Morgan fingerprint density at radius 1 is 1.03 bits per heavy atom. The number of para-hydroxylation sites is 2. The minimum absolute atomic E-state index is 0.106. The largest absolute Gasteiger partial charge is 0.497 e. The topological polar surface area (TPSA) is 61.9 Å². The molecule has 2 aliphatic rings. The van der Waals surface area contributed by atoms with Crippen molar-refractivity contribution in [2.24, 2.45) is 0 Å². The SMILES string of the molecule is COc1ccc([C@H]2C[NH2+][C@@]3(C(=O)N(C)c4ccccc43)c3[nH]c4ccccc4c32)cc1. The van der Waals surface area contributed by atoms with E-state index in [-0.39, 0.29) is 11.8 Å². The van der Waals surface area contributed by atoms with Crippen molar-refractivity contribution in [3.8, 4) is 5.75 Å². The molecule has 1 amide bonds. The fourth-order valence-corrected chi connectivity index (χ4v) is 5.52. The number of ether oxygens (including phenoxy) is 1. The van der Waals surface area contributed by atoms with E-state index in [0.29, 0.717) is 0 Å². The Morgan fingerprint density at radius 3 is 2.58 bits per heavy atom. The van der Waals surface area contributed by atoms with Gasteiger partial charge in [0.05, 0.1) is 36.5 Å². The summed E-state index contributed by atoms with van der Waals surface area (Å²) in [5.41, 5.74) is 5.79. The zero-order valence-electron chi connectivity index (χ0n) is 17.6. The van der Waals surface area contributed by atoms with Gasteiger partial charge in [0.25, 0.3) is 5.91 Å². The molecule has 0 saturated carbocycles. The predicted molar refractivity (Wildman–Crippen MR) is 121 cm³/mol. The van der Waals surface area contributed by atoms with Crippen molar-refractivity contribution < 1.29 is 14.8 Å². The summed E-state index contributed by atoms with van der Waals surface area (Å²) in [4.78, 5) is 19.2. The average molecular weight is 410 g/mol. The molecule has 0 aliphatic carbocycles. The molecule has 0 unspecified atom stereocenters. The number of nitrogens with zero attached hydrogens (tertiary/aromatic N) is 1. The lowest BCUT2D eigenvalue weighted by Crippen LogP contribution is -2.99. The summed E-state index contributed by atoms with van der Waals surface area (Å²) in [7, 11) is 3.56. The summed E-state index contributed by atoms with van der Waals surface area (Å²) in [5, 5.41) is 3.41. The number of benzene rings is 3. The molecule has 2 atom stereocenters. The average Bonchev–Trinajstić information content (AvgIpc) is 3.31. The van der Waals surface area contributed by atoms with E-state index in [1.54, 1.807) is 12.0 Å². The van der Waals surface area contributed by atoms with Crippen LogP contribution in [0.5, 0.6) is 5.75 Å². The number of fused-ring (bicyclic) bond motifs is 6. The lowest BCUT2D eigenvalue weighted by molar-refractivity contribution is -0.715. The highest BCUT2D eigenvalue weighted by Crippen LogP contribution is 2.47. The molecule has 5 nitrogen and oxygen atoms in total. The Morgan fingerprint density at radius 2 is 1.77 bits per heavy atom. The number of aromatic nitrogens is 1. The molecule has 0 bridgehead atoms. The maximum Gasteiger partial charge on any atom is 0.299 e. The van der Waals surface area contributed by atoms with Crippen LogP contribution in [-0.4, -0.2) is 31.6 Å². The van der Waals surface area contributed by atoms with Crippen molar-refractivity contribution in [3.05, 3.63) is 95.2 Å². The normalized spacial score (nSPS) is 22.1. The molecule has 4 aromatic rings. The second kappa shape index (κ2) is 6.46. The maximum atomic E-state index is 13.8. The number of nitrogens with two attached hydrogens (primary N) is 1. The molecule has 3 N–H and O–H groups in total. The predicted octanol–water partition coefficient (Wildman–Crippen LogP) is 3.11. The van der Waals surface area contributed by atoms with E-state index in [1.807, 2.05) is 43.4 Å². The Labute approximate surface area is 180 Å². The number of hydrogen-bond acceptors (Lipinski definition) is 2. The number of anilines is 1. The number of methoxy groups -OCH3 is 1. The summed E-state index contributed by atoms with van der Waals surface area (Å²) in [5.74, 6) is 1.13. The lowest BCUT2D eigenvalue weighted by atomic mass is 9.76. The second-order valence-corrected chi connectivity index (χ2v) is 8.41. The van der Waals surface area contributed by atoms with Gasteiger partial charge >= 0.3 is 0 Å². The molecule has 31 heavy (non-hydrogen) atoms. The monoisotopic (exact) mass is 410 g/mol. The van der Waals surface area contributed by atoms with E-state index in [4.69, 9.17) is 4.74 Å². The summed E-state index contributed by atoms with van der Waals surface area (Å²) >= 11 is 0. The molecule has 0 radical (unpaired) electrons. The van der Waals surface area contributed by atoms with Crippen LogP contribution in [-0.2, 0) is 10.3 Å². The number of H-pyrrole nitrogens is 1. The Hall–Kier alpha value is -3.57. The van der Waals surface area contributed by atoms with Gasteiger partial charge in [-0.05, 0) is 35.9 Å². The van der Waals surface area contributed by atoms with Crippen molar-refractivity contribution in [2.45, 2.75) is 11.5 Å². The van der Waals surface area contributed by atoms with Crippen LogP contribution < -0.4 is 15.0 Å². The van der Waals surface area contributed by atoms with Crippen LogP contribution in [0.25, 0.3) is 10.9 Å². The molecule has 6 rings (SSSR count). The standard InChI is InChI=1S/C26H23N3O2/c1-29-22-10-6-4-8-20(22)26(25(29)30)24-23(18-7-3-5-9-21(18)28-24)19(15-27-26)16-11-13-17(31-2)14-12-16/h3-14,19,27-28H,15H2,1-2H3/p+1/t19-,26-/m1/s1. The highest BCUT2D eigenvalue weighted by atomic mass is 16.5. The van der Waals surface area contributed by atoms with Crippen LogP contribution in [0.1, 0.15) is 28.3 Å². The third-order valence-electron chi connectivity index (χ3n) is 7.00. The molecule has 3 heterocycles. The zero-order valence-corrected chi connectivity index (χ0v) is 17.6. The molecule has 3 aromatic carbocycles. The van der Waals surface area contributed by atoms with Gasteiger partial charge < -0.3 is 19.9 Å². The van der Waals surface area contributed by atoms with Crippen molar-refractivity contribution in [3.63, 3.8) is 0 Å². The van der Waals surface area contributed by atoms with Crippen LogP contribution >= 0.6 is 0 Å². The van der Waals surface area contributed by atoms with Gasteiger partial charge in [0.2, 0.25) is 5.54 Å².